The Bertz CT molecular complexity index is 865. The zero-order valence-corrected chi connectivity index (χ0v) is 15.3. The molecule has 1 aliphatic heterocycles. The zero-order valence-electron chi connectivity index (χ0n) is 15.3. The van der Waals surface area contributed by atoms with Gasteiger partial charge in [-0.25, -0.2) is 4.79 Å². The number of rotatable bonds is 4. The van der Waals surface area contributed by atoms with Crippen molar-refractivity contribution < 1.29 is 24.2 Å². The number of nitrogens with zero attached hydrogens (tertiary/aromatic N) is 1. The number of ether oxygens (including phenoxy) is 2. The molecule has 1 aliphatic rings. The molecule has 7 nitrogen and oxygen atoms in total. The first-order valence-electron chi connectivity index (χ1n) is 8.69. The van der Waals surface area contributed by atoms with Crippen molar-refractivity contribution in [1.29, 1.82) is 0 Å². The fraction of sp³-hybridized carbons (Fsp3) is 0.300. The van der Waals surface area contributed by atoms with E-state index < -0.39 is 6.09 Å². The highest BCUT2D eigenvalue weighted by Crippen LogP contribution is 2.33. The molecule has 0 aromatic heterocycles. The molecule has 27 heavy (non-hydrogen) atoms. The van der Waals surface area contributed by atoms with Crippen molar-refractivity contribution >= 4 is 12.0 Å². The van der Waals surface area contributed by atoms with E-state index in [0.29, 0.717) is 48.7 Å². The van der Waals surface area contributed by atoms with Crippen molar-refractivity contribution in [3.8, 4) is 17.2 Å². The lowest BCUT2D eigenvalue weighted by Gasteiger charge is -2.15. The van der Waals surface area contributed by atoms with Gasteiger partial charge in [-0.1, -0.05) is 6.07 Å². The topological polar surface area (TPSA) is 88.1 Å². The first-order valence-corrected chi connectivity index (χ1v) is 8.69. The molecule has 1 heterocycles. The van der Waals surface area contributed by atoms with Gasteiger partial charge in [0.1, 0.15) is 5.75 Å². The lowest BCUT2D eigenvalue weighted by Crippen LogP contribution is -2.31. The summed E-state index contributed by atoms with van der Waals surface area (Å²) < 4.78 is 11.3. The van der Waals surface area contributed by atoms with Crippen LogP contribution >= 0.6 is 0 Å². The summed E-state index contributed by atoms with van der Waals surface area (Å²) >= 11 is 0. The van der Waals surface area contributed by atoms with E-state index in [0.717, 1.165) is 11.1 Å². The number of benzene rings is 2. The number of methoxy groups -OCH3 is 1. The summed E-state index contributed by atoms with van der Waals surface area (Å²) in [6.07, 6.45) is 0.442. The fourth-order valence-electron chi connectivity index (χ4n) is 3.12. The maximum absolute atomic E-state index is 11.8. The molecule has 2 N–H and O–H groups in total. The van der Waals surface area contributed by atoms with Gasteiger partial charge in [0.2, 0.25) is 0 Å². The van der Waals surface area contributed by atoms with Gasteiger partial charge in [-0.05, 0) is 54.3 Å². The van der Waals surface area contributed by atoms with Gasteiger partial charge in [-0.15, -0.1) is 0 Å². The number of carboxylic acid groups (broad SMARTS) is 1. The number of carbonyl (C=O) groups excluding carboxylic acids is 1. The second kappa shape index (κ2) is 7.99. The molecule has 2 aromatic rings. The molecule has 142 valence electrons. The molecule has 0 spiro atoms. The molecule has 0 aliphatic carbocycles. The normalized spacial score (nSPS) is 13.3. The highest BCUT2D eigenvalue weighted by molar-refractivity contribution is 5.94. The van der Waals surface area contributed by atoms with Crippen LogP contribution in [0.1, 0.15) is 21.5 Å². The number of nitrogens with one attached hydrogen (secondary N) is 1. The van der Waals surface area contributed by atoms with Gasteiger partial charge >= 0.3 is 6.09 Å². The van der Waals surface area contributed by atoms with Gasteiger partial charge in [0.15, 0.2) is 11.5 Å². The van der Waals surface area contributed by atoms with Crippen molar-refractivity contribution in [2.24, 2.45) is 0 Å². The number of fused-ring (bicyclic) bond motifs is 1. The number of amides is 2. The van der Waals surface area contributed by atoms with Crippen LogP contribution in [0.4, 0.5) is 4.79 Å². The van der Waals surface area contributed by atoms with E-state index in [1.165, 1.54) is 12.0 Å². The molecule has 0 unspecified atom stereocenters. The maximum atomic E-state index is 11.8. The van der Waals surface area contributed by atoms with Gasteiger partial charge in [0, 0.05) is 25.7 Å². The smallest absolute Gasteiger partial charge is 0.407 e. The van der Waals surface area contributed by atoms with Crippen LogP contribution in [0, 0.1) is 0 Å². The van der Waals surface area contributed by atoms with Gasteiger partial charge in [0.25, 0.3) is 5.91 Å². The lowest BCUT2D eigenvalue weighted by molar-refractivity contribution is 0.0962. The van der Waals surface area contributed by atoms with E-state index in [1.807, 2.05) is 18.2 Å². The predicted octanol–water partition coefficient (Wildman–Crippen LogP) is 2.93. The second-order valence-electron chi connectivity index (χ2n) is 6.25. The first-order chi connectivity index (χ1) is 13.0. The number of hydrogen-bond acceptors (Lipinski definition) is 4. The second-order valence-corrected chi connectivity index (χ2v) is 6.25. The molecule has 0 saturated carbocycles. The van der Waals surface area contributed by atoms with E-state index in [-0.39, 0.29) is 5.91 Å². The molecule has 3 rings (SSSR count). The van der Waals surface area contributed by atoms with Crippen LogP contribution in [0.2, 0.25) is 0 Å². The summed E-state index contributed by atoms with van der Waals surface area (Å²) in [6.45, 7) is 0.966. The monoisotopic (exact) mass is 370 g/mol. The summed E-state index contributed by atoms with van der Waals surface area (Å²) in [5.41, 5.74) is 2.70. The molecule has 2 amide bonds. The summed E-state index contributed by atoms with van der Waals surface area (Å²) in [5, 5.41) is 11.8. The maximum Gasteiger partial charge on any atom is 0.407 e. The summed E-state index contributed by atoms with van der Waals surface area (Å²) in [7, 11) is 3.09. The van der Waals surface area contributed by atoms with Gasteiger partial charge in [-0.2, -0.15) is 0 Å². The third kappa shape index (κ3) is 4.13. The Balaban J connectivity index is 1.81. The summed E-state index contributed by atoms with van der Waals surface area (Å²) in [4.78, 5) is 24.4. The SMILES string of the molecule is CNC(=O)c1ccc(Oc2ccc3c(c2)CCN(C(=O)O)CC3)c(OC)c1. The van der Waals surface area contributed by atoms with Crippen LogP contribution in [0.3, 0.4) is 0 Å². The average molecular weight is 370 g/mol. The van der Waals surface area contributed by atoms with E-state index in [9.17, 15) is 14.7 Å². The minimum Gasteiger partial charge on any atom is -0.493 e. The van der Waals surface area contributed by atoms with E-state index in [2.05, 4.69) is 5.32 Å². The van der Waals surface area contributed by atoms with Crippen molar-refractivity contribution in [1.82, 2.24) is 10.2 Å². The van der Waals surface area contributed by atoms with Crippen LogP contribution in [-0.4, -0.2) is 49.3 Å². The van der Waals surface area contributed by atoms with Gasteiger partial charge < -0.3 is 24.8 Å². The minimum absolute atomic E-state index is 0.201. The molecule has 0 radical (unpaired) electrons. The fourth-order valence-corrected chi connectivity index (χ4v) is 3.12. The zero-order chi connectivity index (χ0) is 19.4. The van der Waals surface area contributed by atoms with Crippen molar-refractivity contribution in [2.45, 2.75) is 12.8 Å². The minimum atomic E-state index is -0.889. The molecular formula is C20H22N2O5. The summed E-state index contributed by atoms with van der Waals surface area (Å²) in [5.74, 6) is 1.41. The standard InChI is InChI=1S/C20H22N2O5/c1-21-19(23)15-4-6-17(18(12-15)26-2)27-16-5-3-13-7-9-22(20(24)25)10-8-14(13)11-16/h3-6,11-12H,7-10H2,1-2H3,(H,21,23)(H,24,25). The predicted molar refractivity (Wildman–Crippen MR) is 99.9 cm³/mol. The Morgan fingerprint density at radius 1 is 1.04 bits per heavy atom. The molecule has 0 atom stereocenters. The highest BCUT2D eigenvalue weighted by Gasteiger charge is 2.18. The van der Waals surface area contributed by atoms with E-state index >= 15 is 0 Å². The van der Waals surface area contributed by atoms with E-state index in [4.69, 9.17) is 9.47 Å². The quantitative estimate of drug-likeness (QED) is 0.864. The molecular weight excluding hydrogens is 348 g/mol. The first kappa shape index (κ1) is 18.6. The average Bonchev–Trinajstić information content (AvgIpc) is 2.90. The van der Waals surface area contributed by atoms with Crippen molar-refractivity contribution in [2.75, 3.05) is 27.2 Å². The van der Waals surface area contributed by atoms with Crippen LogP contribution in [0.25, 0.3) is 0 Å². The molecule has 0 bridgehead atoms. The Hall–Kier alpha value is -3.22. The molecule has 0 saturated heterocycles. The van der Waals surface area contributed by atoms with Crippen LogP contribution in [-0.2, 0) is 12.8 Å². The number of carbonyl (C=O) groups is 2. The highest BCUT2D eigenvalue weighted by atomic mass is 16.5. The molecule has 2 aromatic carbocycles. The van der Waals surface area contributed by atoms with Crippen LogP contribution in [0.15, 0.2) is 36.4 Å². The Morgan fingerprint density at radius 3 is 2.44 bits per heavy atom. The lowest BCUT2D eigenvalue weighted by atomic mass is 10.0. The number of hydrogen-bond donors (Lipinski definition) is 2. The Morgan fingerprint density at radius 2 is 1.78 bits per heavy atom. The summed E-state index contributed by atoms with van der Waals surface area (Å²) in [6, 6.07) is 10.8. The van der Waals surface area contributed by atoms with E-state index in [1.54, 1.807) is 25.2 Å². The Kier molecular flexibility index (Phi) is 5.49. The van der Waals surface area contributed by atoms with Gasteiger partial charge in [-0.3, -0.25) is 4.79 Å². The third-order valence-electron chi connectivity index (χ3n) is 4.63. The van der Waals surface area contributed by atoms with Crippen LogP contribution in [0.5, 0.6) is 17.2 Å². The third-order valence-corrected chi connectivity index (χ3v) is 4.63. The van der Waals surface area contributed by atoms with Crippen molar-refractivity contribution in [3.63, 3.8) is 0 Å². The van der Waals surface area contributed by atoms with Crippen molar-refractivity contribution in [3.05, 3.63) is 53.1 Å². The van der Waals surface area contributed by atoms with Gasteiger partial charge in [0.05, 0.1) is 7.11 Å². The Labute approximate surface area is 157 Å². The largest absolute Gasteiger partial charge is 0.493 e. The molecule has 0 fully saturated rings. The molecule has 7 heteroatoms. The van der Waals surface area contributed by atoms with Crippen LogP contribution < -0.4 is 14.8 Å².